The SMILES string of the molecule is O=C(Nc1c(C(=O)O)cnc2ccnn12)OCC1c2ccccc2-c2ccccc21. The van der Waals surface area contributed by atoms with Crippen LogP contribution < -0.4 is 5.32 Å². The number of anilines is 1. The summed E-state index contributed by atoms with van der Waals surface area (Å²) in [5.74, 6) is -1.33. The number of hydrogen-bond donors (Lipinski definition) is 2. The van der Waals surface area contributed by atoms with Crippen LogP contribution >= 0.6 is 0 Å². The van der Waals surface area contributed by atoms with Gasteiger partial charge in [-0.3, -0.25) is 5.32 Å². The van der Waals surface area contributed by atoms with Crippen molar-refractivity contribution in [2.45, 2.75) is 5.92 Å². The van der Waals surface area contributed by atoms with Crippen LogP contribution in [0, 0.1) is 0 Å². The number of rotatable bonds is 4. The third-order valence-corrected chi connectivity index (χ3v) is 5.21. The average Bonchev–Trinajstić information content (AvgIpc) is 3.35. The zero-order chi connectivity index (χ0) is 20.7. The number of carboxylic acids is 1. The molecule has 0 saturated heterocycles. The molecular weight excluding hydrogens is 384 g/mol. The number of benzene rings is 2. The van der Waals surface area contributed by atoms with Crippen molar-refractivity contribution in [2.75, 3.05) is 11.9 Å². The Kier molecular flexibility index (Phi) is 4.17. The molecule has 0 fully saturated rings. The van der Waals surface area contributed by atoms with E-state index in [1.807, 2.05) is 36.4 Å². The van der Waals surface area contributed by atoms with Crippen LogP contribution in [-0.4, -0.2) is 38.4 Å². The molecule has 0 saturated carbocycles. The molecule has 8 heteroatoms. The highest BCUT2D eigenvalue weighted by Gasteiger charge is 2.29. The molecule has 0 bridgehead atoms. The molecule has 0 atom stereocenters. The number of aromatic nitrogens is 3. The zero-order valence-electron chi connectivity index (χ0n) is 15.6. The lowest BCUT2D eigenvalue weighted by atomic mass is 9.98. The van der Waals surface area contributed by atoms with Crippen LogP contribution in [0.3, 0.4) is 0 Å². The largest absolute Gasteiger partial charge is 0.477 e. The van der Waals surface area contributed by atoms with E-state index in [1.165, 1.54) is 16.9 Å². The van der Waals surface area contributed by atoms with Gasteiger partial charge in [-0.05, 0) is 22.3 Å². The number of fused-ring (bicyclic) bond motifs is 4. The van der Waals surface area contributed by atoms with E-state index in [2.05, 4.69) is 27.5 Å². The summed E-state index contributed by atoms with van der Waals surface area (Å²) in [5.41, 5.74) is 4.67. The standard InChI is InChI=1S/C22H16N4O4/c27-21(28)17-11-23-19-9-10-24-26(19)20(17)25-22(29)30-12-18-15-7-3-1-5-13(15)14-6-2-4-8-16(14)18/h1-11,18H,12H2,(H,25,29)(H,27,28). The summed E-state index contributed by atoms with van der Waals surface area (Å²) < 4.78 is 6.75. The van der Waals surface area contributed by atoms with Gasteiger partial charge in [-0.1, -0.05) is 48.5 Å². The molecular formula is C22H16N4O4. The summed E-state index contributed by atoms with van der Waals surface area (Å²) in [6, 6.07) is 17.7. The monoisotopic (exact) mass is 400 g/mol. The molecule has 2 aromatic carbocycles. The van der Waals surface area contributed by atoms with Gasteiger partial charge in [0.2, 0.25) is 0 Å². The number of hydrogen-bond acceptors (Lipinski definition) is 5. The van der Waals surface area contributed by atoms with Gasteiger partial charge < -0.3 is 9.84 Å². The second-order valence-corrected chi connectivity index (χ2v) is 6.88. The molecule has 4 aromatic rings. The van der Waals surface area contributed by atoms with Crippen LogP contribution in [0.2, 0.25) is 0 Å². The molecule has 0 aliphatic heterocycles. The first kappa shape index (κ1) is 17.9. The minimum absolute atomic E-state index is 0.00489. The lowest BCUT2D eigenvalue weighted by Gasteiger charge is -2.15. The molecule has 2 aromatic heterocycles. The van der Waals surface area contributed by atoms with Crippen LogP contribution in [0.5, 0.6) is 0 Å². The fraction of sp³-hybridized carbons (Fsp3) is 0.0909. The summed E-state index contributed by atoms with van der Waals surface area (Å²) >= 11 is 0. The van der Waals surface area contributed by atoms with Gasteiger partial charge in [-0.25, -0.2) is 14.6 Å². The Morgan fingerprint density at radius 3 is 2.37 bits per heavy atom. The van der Waals surface area contributed by atoms with Crippen molar-refractivity contribution in [1.29, 1.82) is 0 Å². The normalized spacial score (nSPS) is 12.4. The zero-order valence-corrected chi connectivity index (χ0v) is 15.6. The van der Waals surface area contributed by atoms with Crippen molar-refractivity contribution < 1.29 is 19.4 Å². The van der Waals surface area contributed by atoms with Crippen LogP contribution in [-0.2, 0) is 4.74 Å². The van der Waals surface area contributed by atoms with Crippen molar-refractivity contribution in [3.05, 3.63) is 83.7 Å². The van der Waals surface area contributed by atoms with Gasteiger partial charge >= 0.3 is 12.1 Å². The number of carboxylic acid groups (broad SMARTS) is 1. The van der Waals surface area contributed by atoms with Crippen molar-refractivity contribution in [3.63, 3.8) is 0 Å². The fourth-order valence-corrected chi connectivity index (χ4v) is 3.88. The van der Waals surface area contributed by atoms with E-state index in [1.54, 1.807) is 6.07 Å². The van der Waals surface area contributed by atoms with Crippen LogP contribution in [0.4, 0.5) is 10.6 Å². The third kappa shape index (κ3) is 2.86. The Labute approximate surface area is 170 Å². The first-order valence-corrected chi connectivity index (χ1v) is 9.31. The van der Waals surface area contributed by atoms with Crippen molar-refractivity contribution in [1.82, 2.24) is 14.6 Å². The second-order valence-electron chi connectivity index (χ2n) is 6.88. The molecule has 5 rings (SSSR count). The third-order valence-electron chi connectivity index (χ3n) is 5.21. The number of carbonyl (C=O) groups is 2. The van der Waals surface area contributed by atoms with Gasteiger partial charge in [0.15, 0.2) is 11.5 Å². The molecule has 2 heterocycles. The molecule has 30 heavy (non-hydrogen) atoms. The van der Waals surface area contributed by atoms with E-state index in [4.69, 9.17) is 4.74 Å². The lowest BCUT2D eigenvalue weighted by Crippen LogP contribution is -2.21. The Morgan fingerprint density at radius 1 is 1.03 bits per heavy atom. The Hall–Kier alpha value is -4.20. The quantitative estimate of drug-likeness (QED) is 0.540. The maximum Gasteiger partial charge on any atom is 0.412 e. The maximum atomic E-state index is 12.5. The Bertz CT molecular complexity index is 1250. The minimum Gasteiger partial charge on any atom is -0.477 e. The van der Waals surface area contributed by atoms with E-state index >= 15 is 0 Å². The van der Waals surface area contributed by atoms with E-state index < -0.39 is 12.1 Å². The van der Waals surface area contributed by atoms with Crippen molar-refractivity contribution in [2.24, 2.45) is 0 Å². The molecule has 1 aliphatic rings. The van der Waals surface area contributed by atoms with Crippen molar-refractivity contribution in [3.8, 4) is 11.1 Å². The number of amides is 1. The number of nitrogens with one attached hydrogen (secondary N) is 1. The molecule has 0 radical (unpaired) electrons. The predicted molar refractivity (Wildman–Crippen MR) is 109 cm³/mol. The number of aromatic carboxylic acids is 1. The average molecular weight is 400 g/mol. The second kappa shape index (κ2) is 7.00. The summed E-state index contributed by atoms with van der Waals surface area (Å²) in [6.07, 6.45) is 1.89. The molecule has 0 spiro atoms. The topological polar surface area (TPSA) is 106 Å². The fourth-order valence-electron chi connectivity index (χ4n) is 3.88. The van der Waals surface area contributed by atoms with E-state index in [-0.39, 0.29) is 23.9 Å². The molecule has 8 nitrogen and oxygen atoms in total. The maximum absolute atomic E-state index is 12.5. The molecule has 1 amide bonds. The number of nitrogens with zero attached hydrogens (tertiary/aromatic N) is 3. The Morgan fingerprint density at radius 2 is 1.70 bits per heavy atom. The molecule has 1 aliphatic carbocycles. The minimum atomic E-state index is -1.23. The van der Waals surface area contributed by atoms with Crippen LogP contribution in [0.1, 0.15) is 27.4 Å². The highest BCUT2D eigenvalue weighted by atomic mass is 16.5. The van der Waals surface area contributed by atoms with E-state index in [0.29, 0.717) is 5.65 Å². The lowest BCUT2D eigenvalue weighted by molar-refractivity contribution is 0.0697. The van der Waals surface area contributed by atoms with Crippen LogP contribution in [0.15, 0.2) is 67.0 Å². The first-order chi connectivity index (χ1) is 14.6. The smallest absolute Gasteiger partial charge is 0.412 e. The molecule has 148 valence electrons. The van der Waals surface area contributed by atoms with Crippen LogP contribution in [0.25, 0.3) is 16.8 Å². The van der Waals surface area contributed by atoms with Gasteiger partial charge in [0.05, 0.1) is 6.20 Å². The van der Waals surface area contributed by atoms with Gasteiger partial charge in [-0.15, -0.1) is 0 Å². The summed E-state index contributed by atoms with van der Waals surface area (Å²) in [5, 5.41) is 16.0. The van der Waals surface area contributed by atoms with Gasteiger partial charge in [0.1, 0.15) is 12.2 Å². The van der Waals surface area contributed by atoms with Gasteiger partial charge in [0.25, 0.3) is 0 Å². The van der Waals surface area contributed by atoms with Crippen molar-refractivity contribution >= 4 is 23.5 Å². The summed E-state index contributed by atoms with van der Waals surface area (Å²) in [4.78, 5) is 28.1. The summed E-state index contributed by atoms with van der Waals surface area (Å²) in [7, 11) is 0. The van der Waals surface area contributed by atoms with Gasteiger partial charge in [-0.2, -0.15) is 9.61 Å². The number of carbonyl (C=O) groups excluding carboxylic acids is 1. The van der Waals surface area contributed by atoms with Gasteiger partial charge in [0, 0.05) is 18.2 Å². The predicted octanol–water partition coefficient (Wildman–Crippen LogP) is 3.79. The first-order valence-electron chi connectivity index (χ1n) is 9.31. The van der Waals surface area contributed by atoms with E-state index in [0.717, 1.165) is 22.3 Å². The molecule has 0 unspecified atom stereocenters. The highest BCUT2D eigenvalue weighted by molar-refractivity contribution is 5.97. The summed E-state index contributed by atoms with van der Waals surface area (Å²) in [6.45, 7) is 0.121. The molecule has 2 N–H and O–H groups in total. The Balaban J connectivity index is 1.39. The van der Waals surface area contributed by atoms with E-state index in [9.17, 15) is 14.7 Å². The number of ether oxygens (including phenoxy) is 1. The highest BCUT2D eigenvalue weighted by Crippen LogP contribution is 2.44.